The van der Waals surface area contributed by atoms with Crippen molar-refractivity contribution in [1.82, 2.24) is 9.97 Å². The lowest BCUT2D eigenvalue weighted by Gasteiger charge is -2.09. The minimum atomic E-state index is -0.520. The van der Waals surface area contributed by atoms with E-state index in [4.69, 9.17) is 0 Å². The predicted octanol–water partition coefficient (Wildman–Crippen LogP) is 2.74. The number of nitrogens with zero attached hydrogens (tertiary/aromatic N) is 1. The zero-order valence-corrected chi connectivity index (χ0v) is 12.0. The second-order valence-electron chi connectivity index (χ2n) is 3.70. The quantitative estimate of drug-likeness (QED) is 0.851. The summed E-state index contributed by atoms with van der Waals surface area (Å²) in [6.45, 7) is 1.71. The standard InChI is InChI=1S/C12H11BrN2O2S/c1-7(16)9-3-2-8(6-10(9)13)18-12-14-5-4-11(17)15-12/h2-7,16H,1H3,(H,14,15,17). The third kappa shape index (κ3) is 3.22. The Bertz CT molecular complexity index is 613. The average molecular weight is 327 g/mol. The second-order valence-corrected chi connectivity index (χ2v) is 5.62. The summed E-state index contributed by atoms with van der Waals surface area (Å²) < 4.78 is 0.834. The van der Waals surface area contributed by atoms with Crippen LogP contribution in [0.4, 0.5) is 0 Å². The Labute approximate surface area is 117 Å². The fraction of sp³-hybridized carbons (Fsp3) is 0.167. The molecule has 2 rings (SSSR count). The normalized spacial score (nSPS) is 12.4. The molecule has 1 aromatic heterocycles. The van der Waals surface area contributed by atoms with Gasteiger partial charge in [0.15, 0.2) is 5.16 Å². The second kappa shape index (κ2) is 5.69. The van der Waals surface area contributed by atoms with E-state index in [1.165, 1.54) is 24.0 Å². The van der Waals surface area contributed by atoms with Crippen molar-refractivity contribution in [3.05, 3.63) is 50.9 Å². The molecular formula is C12H11BrN2O2S. The van der Waals surface area contributed by atoms with Crippen LogP contribution in [-0.2, 0) is 0 Å². The molecule has 18 heavy (non-hydrogen) atoms. The summed E-state index contributed by atoms with van der Waals surface area (Å²) in [6.07, 6.45) is 0.952. The van der Waals surface area contributed by atoms with E-state index in [1.807, 2.05) is 18.2 Å². The first-order valence-electron chi connectivity index (χ1n) is 5.27. The van der Waals surface area contributed by atoms with Crippen molar-refractivity contribution in [3.63, 3.8) is 0 Å². The van der Waals surface area contributed by atoms with E-state index >= 15 is 0 Å². The fourth-order valence-corrected chi connectivity index (χ4v) is 3.09. The van der Waals surface area contributed by atoms with Crippen LogP contribution in [0.1, 0.15) is 18.6 Å². The van der Waals surface area contributed by atoms with Crippen LogP contribution in [0, 0.1) is 0 Å². The summed E-state index contributed by atoms with van der Waals surface area (Å²) in [5.74, 6) is 0. The number of aliphatic hydroxyl groups is 1. The molecule has 0 bridgehead atoms. The number of aromatic nitrogens is 2. The maximum atomic E-state index is 11.1. The van der Waals surface area contributed by atoms with Crippen molar-refractivity contribution in [2.24, 2.45) is 0 Å². The average Bonchev–Trinajstić information content (AvgIpc) is 2.28. The van der Waals surface area contributed by atoms with Crippen LogP contribution in [0.2, 0.25) is 0 Å². The van der Waals surface area contributed by atoms with Crippen LogP contribution in [0.15, 0.2) is 49.8 Å². The maximum Gasteiger partial charge on any atom is 0.251 e. The van der Waals surface area contributed by atoms with Crippen molar-refractivity contribution in [3.8, 4) is 0 Å². The SMILES string of the molecule is CC(O)c1ccc(Sc2nccc(=O)[nH]2)cc1Br. The minimum Gasteiger partial charge on any atom is -0.389 e. The Balaban J connectivity index is 2.25. The van der Waals surface area contributed by atoms with Crippen LogP contribution in [0.5, 0.6) is 0 Å². The number of aliphatic hydroxyl groups excluding tert-OH is 1. The van der Waals surface area contributed by atoms with Crippen LogP contribution in [0.3, 0.4) is 0 Å². The molecule has 0 fully saturated rings. The topological polar surface area (TPSA) is 66.0 Å². The minimum absolute atomic E-state index is 0.174. The summed E-state index contributed by atoms with van der Waals surface area (Å²) >= 11 is 4.77. The molecular weight excluding hydrogens is 316 g/mol. The Morgan fingerprint density at radius 2 is 2.22 bits per heavy atom. The van der Waals surface area contributed by atoms with Crippen molar-refractivity contribution in [2.45, 2.75) is 23.1 Å². The van der Waals surface area contributed by atoms with Gasteiger partial charge < -0.3 is 10.1 Å². The number of benzene rings is 1. The van der Waals surface area contributed by atoms with Gasteiger partial charge in [0.05, 0.1) is 6.10 Å². The van der Waals surface area contributed by atoms with E-state index in [2.05, 4.69) is 25.9 Å². The first-order valence-corrected chi connectivity index (χ1v) is 6.88. The molecule has 94 valence electrons. The third-order valence-electron chi connectivity index (χ3n) is 2.28. The number of halogens is 1. The van der Waals surface area contributed by atoms with Gasteiger partial charge in [0.1, 0.15) is 0 Å². The zero-order chi connectivity index (χ0) is 13.1. The molecule has 0 aliphatic heterocycles. The number of nitrogens with one attached hydrogen (secondary N) is 1. The molecule has 0 radical (unpaired) electrons. The predicted molar refractivity (Wildman–Crippen MR) is 73.8 cm³/mol. The molecule has 1 atom stereocenters. The summed E-state index contributed by atoms with van der Waals surface area (Å²) in [7, 11) is 0. The Morgan fingerprint density at radius 3 is 2.83 bits per heavy atom. The van der Waals surface area contributed by atoms with Gasteiger partial charge in [-0.15, -0.1) is 0 Å². The van der Waals surface area contributed by atoms with Gasteiger partial charge >= 0.3 is 0 Å². The fourth-order valence-electron chi connectivity index (χ4n) is 1.43. The summed E-state index contributed by atoms with van der Waals surface area (Å²) in [4.78, 5) is 18.8. The molecule has 6 heteroatoms. The van der Waals surface area contributed by atoms with Crippen molar-refractivity contribution in [2.75, 3.05) is 0 Å². The van der Waals surface area contributed by atoms with E-state index in [1.54, 1.807) is 6.92 Å². The van der Waals surface area contributed by atoms with Crippen molar-refractivity contribution < 1.29 is 5.11 Å². The number of aromatic amines is 1. The van der Waals surface area contributed by atoms with Gasteiger partial charge in [0.25, 0.3) is 5.56 Å². The van der Waals surface area contributed by atoms with E-state index in [0.29, 0.717) is 5.16 Å². The van der Waals surface area contributed by atoms with Crippen LogP contribution in [0.25, 0.3) is 0 Å². The number of hydrogen-bond donors (Lipinski definition) is 2. The molecule has 0 amide bonds. The Morgan fingerprint density at radius 1 is 1.44 bits per heavy atom. The summed E-state index contributed by atoms with van der Waals surface area (Å²) in [6, 6.07) is 6.98. The highest BCUT2D eigenvalue weighted by Gasteiger charge is 2.08. The smallest absolute Gasteiger partial charge is 0.251 e. The largest absolute Gasteiger partial charge is 0.389 e. The van der Waals surface area contributed by atoms with Crippen LogP contribution in [-0.4, -0.2) is 15.1 Å². The monoisotopic (exact) mass is 326 g/mol. The molecule has 4 nitrogen and oxygen atoms in total. The highest BCUT2D eigenvalue weighted by molar-refractivity contribution is 9.10. The molecule has 0 aliphatic rings. The number of H-pyrrole nitrogens is 1. The van der Waals surface area contributed by atoms with Crippen molar-refractivity contribution >= 4 is 27.7 Å². The zero-order valence-electron chi connectivity index (χ0n) is 9.55. The number of hydrogen-bond acceptors (Lipinski definition) is 4. The highest BCUT2D eigenvalue weighted by Crippen LogP contribution is 2.30. The van der Waals surface area contributed by atoms with Crippen molar-refractivity contribution in [1.29, 1.82) is 0 Å². The van der Waals surface area contributed by atoms with Crippen LogP contribution >= 0.6 is 27.7 Å². The van der Waals surface area contributed by atoms with E-state index in [0.717, 1.165) is 14.9 Å². The van der Waals surface area contributed by atoms with E-state index in [9.17, 15) is 9.90 Å². The third-order valence-corrected chi connectivity index (χ3v) is 3.86. The van der Waals surface area contributed by atoms with Gasteiger partial charge in [-0.3, -0.25) is 4.79 Å². The first kappa shape index (κ1) is 13.3. The lowest BCUT2D eigenvalue weighted by Crippen LogP contribution is -2.04. The van der Waals surface area contributed by atoms with Gasteiger partial charge in [0.2, 0.25) is 0 Å². The lowest BCUT2D eigenvalue weighted by molar-refractivity contribution is 0.198. The molecule has 0 aliphatic carbocycles. The van der Waals surface area contributed by atoms with Gasteiger partial charge in [-0.05, 0) is 24.6 Å². The highest BCUT2D eigenvalue weighted by atomic mass is 79.9. The van der Waals surface area contributed by atoms with Gasteiger partial charge in [-0.25, -0.2) is 4.98 Å². The van der Waals surface area contributed by atoms with Gasteiger partial charge in [0, 0.05) is 21.6 Å². The molecule has 0 spiro atoms. The van der Waals surface area contributed by atoms with Gasteiger partial charge in [-0.2, -0.15) is 0 Å². The molecule has 0 saturated carbocycles. The number of rotatable bonds is 3. The summed E-state index contributed by atoms with van der Waals surface area (Å²) in [5.41, 5.74) is 0.654. The van der Waals surface area contributed by atoms with E-state index < -0.39 is 6.10 Å². The lowest BCUT2D eigenvalue weighted by atomic mass is 10.1. The maximum absolute atomic E-state index is 11.1. The molecule has 1 aromatic carbocycles. The molecule has 1 heterocycles. The molecule has 0 saturated heterocycles. The Hall–Kier alpha value is -1.11. The molecule has 1 unspecified atom stereocenters. The molecule has 2 N–H and O–H groups in total. The van der Waals surface area contributed by atoms with E-state index in [-0.39, 0.29) is 5.56 Å². The summed E-state index contributed by atoms with van der Waals surface area (Å²) in [5, 5.41) is 10.1. The van der Waals surface area contributed by atoms with Crippen LogP contribution < -0.4 is 5.56 Å². The van der Waals surface area contributed by atoms with Gasteiger partial charge in [-0.1, -0.05) is 33.8 Å². The molecule has 2 aromatic rings. The Kier molecular flexibility index (Phi) is 4.21. The first-order chi connectivity index (χ1) is 8.56.